The summed E-state index contributed by atoms with van der Waals surface area (Å²) in [5, 5.41) is 19.4. The molecule has 96 valence electrons. The number of aromatic amines is 1. The van der Waals surface area contributed by atoms with Crippen molar-refractivity contribution in [3.8, 4) is 0 Å². The minimum absolute atomic E-state index is 0.157. The summed E-state index contributed by atoms with van der Waals surface area (Å²) in [7, 11) is 1.26. The SMILES string of the molecule is CN(O)c1nc2nc(C3CCC3)[nH]c2c(=O)n1O. The second kappa shape index (κ2) is 3.70. The molecule has 1 aliphatic carbocycles. The summed E-state index contributed by atoms with van der Waals surface area (Å²) in [5.74, 6) is 0.791. The number of hydrogen-bond acceptors (Lipinski definition) is 6. The summed E-state index contributed by atoms with van der Waals surface area (Å²) in [6.45, 7) is 0. The van der Waals surface area contributed by atoms with Crippen LogP contribution in [0.5, 0.6) is 0 Å². The van der Waals surface area contributed by atoms with Gasteiger partial charge < -0.3 is 10.2 Å². The Morgan fingerprint density at radius 2 is 2.17 bits per heavy atom. The molecule has 1 fully saturated rings. The number of imidazole rings is 1. The van der Waals surface area contributed by atoms with Gasteiger partial charge in [0.15, 0.2) is 11.2 Å². The number of anilines is 1. The average Bonchev–Trinajstić information content (AvgIpc) is 2.64. The molecule has 0 aromatic carbocycles. The number of hydroxylamine groups is 1. The Labute approximate surface area is 101 Å². The number of nitrogens with one attached hydrogen (secondary N) is 1. The van der Waals surface area contributed by atoms with E-state index in [2.05, 4.69) is 15.0 Å². The molecule has 0 amide bonds. The van der Waals surface area contributed by atoms with Crippen molar-refractivity contribution in [3.05, 3.63) is 16.2 Å². The summed E-state index contributed by atoms with van der Waals surface area (Å²) in [6, 6.07) is 0. The first-order chi connectivity index (χ1) is 8.58. The van der Waals surface area contributed by atoms with Crippen LogP contribution >= 0.6 is 0 Å². The molecule has 3 rings (SSSR count). The zero-order valence-corrected chi connectivity index (χ0v) is 9.79. The Morgan fingerprint density at radius 3 is 2.72 bits per heavy atom. The highest BCUT2D eigenvalue weighted by Crippen LogP contribution is 2.34. The normalized spacial score (nSPS) is 15.9. The molecule has 2 aromatic rings. The van der Waals surface area contributed by atoms with Crippen molar-refractivity contribution in [1.82, 2.24) is 19.7 Å². The highest BCUT2D eigenvalue weighted by atomic mass is 16.5. The van der Waals surface area contributed by atoms with E-state index in [4.69, 9.17) is 0 Å². The Hall–Kier alpha value is -2.09. The smallest absolute Gasteiger partial charge is 0.313 e. The fourth-order valence-corrected chi connectivity index (χ4v) is 2.04. The molecule has 2 heterocycles. The van der Waals surface area contributed by atoms with Crippen LogP contribution in [-0.4, -0.2) is 37.1 Å². The second-order valence-electron chi connectivity index (χ2n) is 4.50. The first kappa shape index (κ1) is 11.0. The molecule has 0 aliphatic heterocycles. The maximum atomic E-state index is 11.9. The molecular weight excluding hydrogens is 238 g/mol. The monoisotopic (exact) mass is 251 g/mol. The summed E-state index contributed by atoms with van der Waals surface area (Å²) in [4.78, 5) is 23.0. The van der Waals surface area contributed by atoms with E-state index in [0.29, 0.717) is 15.7 Å². The molecule has 8 heteroatoms. The number of hydrogen-bond donors (Lipinski definition) is 3. The van der Waals surface area contributed by atoms with Gasteiger partial charge in [-0.2, -0.15) is 4.98 Å². The molecule has 18 heavy (non-hydrogen) atoms. The first-order valence-electron chi connectivity index (χ1n) is 5.72. The van der Waals surface area contributed by atoms with Crippen LogP contribution in [0.3, 0.4) is 0 Å². The van der Waals surface area contributed by atoms with Crippen molar-refractivity contribution >= 4 is 17.1 Å². The lowest BCUT2D eigenvalue weighted by Gasteiger charge is -2.22. The van der Waals surface area contributed by atoms with Gasteiger partial charge in [-0.15, -0.1) is 4.73 Å². The average molecular weight is 251 g/mol. The van der Waals surface area contributed by atoms with Gasteiger partial charge >= 0.3 is 5.56 Å². The van der Waals surface area contributed by atoms with Gasteiger partial charge in [-0.1, -0.05) is 6.42 Å². The fraction of sp³-hybridized carbons (Fsp3) is 0.500. The number of H-pyrrole nitrogens is 1. The van der Waals surface area contributed by atoms with Crippen LogP contribution in [0.25, 0.3) is 11.2 Å². The summed E-state index contributed by atoms with van der Waals surface area (Å²) < 4.78 is 0.297. The van der Waals surface area contributed by atoms with E-state index in [-0.39, 0.29) is 17.1 Å². The largest absolute Gasteiger partial charge is 0.422 e. The number of nitrogens with zero attached hydrogens (tertiary/aromatic N) is 4. The topological polar surface area (TPSA) is 107 Å². The van der Waals surface area contributed by atoms with Gasteiger partial charge in [0.25, 0.3) is 5.95 Å². The van der Waals surface area contributed by atoms with Gasteiger partial charge in [0, 0.05) is 13.0 Å². The summed E-state index contributed by atoms with van der Waals surface area (Å²) in [5.41, 5.74) is -0.304. The molecule has 0 bridgehead atoms. The molecule has 0 saturated heterocycles. The molecule has 8 nitrogen and oxygen atoms in total. The summed E-state index contributed by atoms with van der Waals surface area (Å²) in [6.07, 6.45) is 3.24. The van der Waals surface area contributed by atoms with Crippen LogP contribution in [0.4, 0.5) is 5.95 Å². The van der Waals surface area contributed by atoms with Crippen LogP contribution < -0.4 is 10.6 Å². The lowest BCUT2D eigenvalue weighted by Crippen LogP contribution is -2.27. The van der Waals surface area contributed by atoms with E-state index in [1.165, 1.54) is 7.05 Å². The molecule has 1 aliphatic rings. The third kappa shape index (κ3) is 1.46. The maximum absolute atomic E-state index is 11.9. The molecule has 0 atom stereocenters. The van der Waals surface area contributed by atoms with Crippen molar-refractivity contribution in [2.24, 2.45) is 0 Å². The van der Waals surface area contributed by atoms with Crippen LogP contribution in [0, 0.1) is 0 Å². The predicted molar refractivity (Wildman–Crippen MR) is 62.1 cm³/mol. The van der Waals surface area contributed by atoms with E-state index < -0.39 is 5.56 Å². The first-order valence-corrected chi connectivity index (χ1v) is 5.72. The Morgan fingerprint density at radius 1 is 1.44 bits per heavy atom. The molecular formula is C10H13N5O3. The van der Waals surface area contributed by atoms with E-state index in [1.807, 2.05) is 0 Å². The molecule has 0 radical (unpaired) electrons. The second-order valence-corrected chi connectivity index (χ2v) is 4.50. The quantitative estimate of drug-likeness (QED) is 0.528. The van der Waals surface area contributed by atoms with Crippen LogP contribution in [0.15, 0.2) is 4.79 Å². The van der Waals surface area contributed by atoms with Crippen LogP contribution in [0.1, 0.15) is 31.0 Å². The lowest BCUT2D eigenvalue weighted by atomic mass is 9.85. The lowest BCUT2D eigenvalue weighted by molar-refractivity contribution is 0.156. The third-order valence-electron chi connectivity index (χ3n) is 3.29. The maximum Gasteiger partial charge on any atom is 0.313 e. The molecule has 0 spiro atoms. The highest BCUT2D eigenvalue weighted by Gasteiger charge is 2.25. The Balaban J connectivity index is 2.20. The zero-order chi connectivity index (χ0) is 12.9. The number of fused-ring (bicyclic) bond motifs is 1. The van der Waals surface area contributed by atoms with Gasteiger partial charge in [-0.25, -0.2) is 10.0 Å². The van der Waals surface area contributed by atoms with Crippen molar-refractivity contribution in [3.63, 3.8) is 0 Å². The summed E-state index contributed by atoms with van der Waals surface area (Å²) >= 11 is 0. The Bertz CT molecular complexity index is 655. The number of aromatic nitrogens is 4. The number of rotatable bonds is 2. The fourth-order valence-electron chi connectivity index (χ4n) is 2.04. The van der Waals surface area contributed by atoms with Gasteiger partial charge in [0.1, 0.15) is 5.82 Å². The standard InChI is InChI=1S/C10H13N5O3/c1-14(17)10-13-8-6(9(16)15(10)18)11-7(12-8)5-3-2-4-5/h5,17-18H,2-4H2,1H3,(H,11,12). The van der Waals surface area contributed by atoms with E-state index >= 15 is 0 Å². The molecule has 3 N–H and O–H groups in total. The minimum atomic E-state index is -0.672. The van der Waals surface area contributed by atoms with Crippen LogP contribution in [0.2, 0.25) is 0 Å². The molecule has 2 aromatic heterocycles. The minimum Gasteiger partial charge on any atom is -0.422 e. The zero-order valence-electron chi connectivity index (χ0n) is 9.79. The van der Waals surface area contributed by atoms with E-state index in [1.54, 1.807) is 0 Å². The third-order valence-corrected chi connectivity index (χ3v) is 3.29. The van der Waals surface area contributed by atoms with Crippen molar-refractivity contribution in [1.29, 1.82) is 0 Å². The van der Waals surface area contributed by atoms with Gasteiger partial charge in [-0.05, 0) is 12.8 Å². The van der Waals surface area contributed by atoms with Crippen molar-refractivity contribution in [2.45, 2.75) is 25.2 Å². The predicted octanol–water partition coefficient (Wildman–Crippen LogP) is 0.450. The van der Waals surface area contributed by atoms with E-state index in [0.717, 1.165) is 25.1 Å². The van der Waals surface area contributed by atoms with Gasteiger partial charge in [0.2, 0.25) is 0 Å². The van der Waals surface area contributed by atoms with Gasteiger partial charge in [-0.3, -0.25) is 10.0 Å². The molecule has 1 saturated carbocycles. The van der Waals surface area contributed by atoms with Crippen LogP contribution in [-0.2, 0) is 0 Å². The molecule has 0 unspecified atom stereocenters. The van der Waals surface area contributed by atoms with Crippen molar-refractivity contribution in [2.75, 3.05) is 12.1 Å². The highest BCUT2D eigenvalue weighted by molar-refractivity contribution is 5.71. The Kier molecular flexibility index (Phi) is 2.27. The van der Waals surface area contributed by atoms with E-state index in [9.17, 15) is 15.2 Å². The van der Waals surface area contributed by atoms with Gasteiger partial charge in [0.05, 0.1) is 0 Å². The van der Waals surface area contributed by atoms with Crippen molar-refractivity contribution < 1.29 is 10.4 Å².